The molecule has 0 spiro atoms. The van der Waals surface area contributed by atoms with E-state index in [0.717, 1.165) is 18.4 Å². The van der Waals surface area contributed by atoms with Crippen LogP contribution < -0.4 is 10.6 Å². The van der Waals surface area contributed by atoms with Crippen LogP contribution in [0.2, 0.25) is 0 Å². The summed E-state index contributed by atoms with van der Waals surface area (Å²) < 4.78 is 13.1. The van der Waals surface area contributed by atoms with Crippen LogP contribution in [0.1, 0.15) is 50.9 Å². The smallest absolute Gasteiger partial charge is 0.251 e. The Morgan fingerprint density at radius 3 is 2.46 bits per heavy atom. The second-order valence-electron chi connectivity index (χ2n) is 8.41. The molecule has 0 atom stereocenters. The second kappa shape index (κ2) is 6.80. The van der Waals surface area contributed by atoms with Crippen LogP contribution in [0.3, 0.4) is 0 Å². The van der Waals surface area contributed by atoms with Crippen LogP contribution in [0, 0.1) is 5.82 Å². The van der Waals surface area contributed by atoms with Crippen LogP contribution in [0.15, 0.2) is 42.6 Å². The highest BCUT2D eigenvalue weighted by Crippen LogP contribution is 2.28. The van der Waals surface area contributed by atoms with Crippen molar-refractivity contribution in [1.29, 1.82) is 0 Å². The van der Waals surface area contributed by atoms with Gasteiger partial charge in [0.15, 0.2) is 0 Å². The van der Waals surface area contributed by atoms with E-state index in [0.29, 0.717) is 11.3 Å². The maximum Gasteiger partial charge on any atom is 0.251 e. The van der Waals surface area contributed by atoms with Crippen molar-refractivity contribution >= 4 is 5.91 Å². The third-order valence-electron chi connectivity index (χ3n) is 4.67. The van der Waals surface area contributed by atoms with Crippen molar-refractivity contribution in [2.24, 2.45) is 0 Å². The normalized spacial score (nSPS) is 19.1. The lowest BCUT2D eigenvalue weighted by atomic mass is 9.79. The molecule has 2 N–H and O–H groups in total. The van der Waals surface area contributed by atoms with Gasteiger partial charge in [0.05, 0.1) is 11.9 Å². The van der Waals surface area contributed by atoms with Crippen molar-refractivity contribution in [3.05, 3.63) is 54.0 Å². The highest BCUT2D eigenvalue weighted by atomic mass is 19.1. The largest absolute Gasteiger partial charge is 0.349 e. The highest BCUT2D eigenvalue weighted by Gasteiger charge is 2.38. The van der Waals surface area contributed by atoms with Crippen LogP contribution in [0.5, 0.6) is 0 Å². The number of aromatic nitrogens is 1. The van der Waals surface area contributed by atoms with E-state index in [9.17, 15) is 9.18 Å². The summed E-state index contributed by atoms with van der Waals surface area (Å²) in [5.74, 6) is -0.466. The van der Waals surface area contributed by atoms with Gasteiger partial charge in [-0.25, -0.2) is 4.39 Å². The summed E-state index contributed by atoms with van der Waals surface area (Å²) in [6, 6.07) is 10.4. The van der Waals surface area contributed by atoms with E-state index in [1.54, 1.807) is 18.2 Å². The average Bonchev–Trinajstić information content (AvgIpc) is 2.52. The third-order valence-corrected chi connectivity index (χ3v) is 4.67. The Labute approximate surface area is 154 Å². The van der Waals surface area contributed by atoms with Gasteiger partial charge in [-0.3, -0.25) is 9.78 Å². The number of rotatable bonds is 3. The zero-order valence-electron chi connectivity index (χ0n) is 15.8. The van der Waals surface area contributed by atoms with Crippen LogP contribution >= 0.6 is 0 Å². The van der Waals surface area contributed by atoms with Gasteiger partial charge in [0, 0.05) is 28.2 Å². The molecule has 1 amide bonds. The van der Waals surface area contributed by atoms with E-state index in [1.807, 2.05) is 12.1 Å². The van der Waals surface area contributed by atoms with Crippen molar-refractivity contribution in [1.82, 2.24) is 15.6 Å². The first-order valence-corrected chi connectivity index (χ1v) is 8.96. The molecule has 0 aliphatic carbocycles. The quantitative estimate of drug-likeness (QED) is 0.877. The van der Waals surface area contributed by atoms with Crippen molar-refractivity contribution < 1.29 is 9.18 Å². The molecule has 3 rings (SSSR count). The van der Waals surface area contributed by atoms with Gasteiger partial charge in [-0.1, -0.05) is 12.1 Å². The zero-order valence-corrected chi connectivity index (χ0v) is 15.8. The molecule has 138 valence electrons. The van der Waals surface area contributed by atoms with Crippen LogP contribution in [0.4, 0.5) is 4.39 Å². The SMILES string of the molecule is CC1(C)CC(NC(=O)c2cccc(-c3ccc(F)cn3)c2)CC(C)(C)N1. The predicted octanol–water partition coefficient (Wildman–Crippen LogP) is 3.93. The van der Waals surface area contributed by atoms with Gasteiger partial charge in [-0.2, -0.15) is 0 Å². The Morgan fingerprint density at radius 1 is 1.15 bits per heavy atom. The molecule has 0 radical (unpaired) electrons. The van der Waals surface area contributed by atoms with Crippen LogP contribution in [-0.2, 0) is 0 Å². The maximum atomic E-state index is 13.1. The predicted molar refractivity (Wildman–Crippen MR) is 101 cm³/mol. The summed E-state index contributed by atoms with van der Waals surface area (Å²) in [5.41, 5.74) is 1.97. The molecular formula is C21H26FN3O. The van der Waals surface area contributed by atoms with Gasteiger partial charge < -0.3 is 10.6 Å². The molecule has 2 aromatic rings. The summed E-state index contributed by atoms with van der Waals surface area (Å²) in [5, 5.41) is 6.79. The number of halogens is 1. The molecule has 0 unspecified atom stereocenters. The summed E-state index contributed by atoms with van der Waals surface area (Å²) >= 11 is 0. The Morgan fingerprint density at radius 2 is 1.85 bits per heavy atom. The number of carbonyl (C=O) groups is 1. The maximum absolute atomic E-state index is 13.1. The number of pyridine rings is 1. The van der Waals surface area contributed by atoms with Crippen molar-refractivity contribution in [2.75, 3.05) is 0 Å². The molecular weight excluding hydrogens is 329 g/mol. The lowest BCUT2D eigenvalue weighted by Crippen LogP contribution is -2.62. The Balaban J connectivity index is 1.76. The van der Waals surface area contributed by atoms with Crippen LogP contribution in [-0.4, -0.2) is 28.0 Å². The minimum Gasteiger partial charge on any atom is -0.349 e. The first kappa shape index (κ1) is 18.5. The number of carbonyl (C=O) groups excluding carboxylic acids is 1. The number of benzene rings is 1. The Kier molecular flexibility index (Phi) is 4.84. The van der Waals surface area contributed by atoms with E-state index in [-0.39, 0.29) is 28.8 Å². The summed E-state index contributed by atoms with van der Waals surface area (Å²) in [6.07, 6.45) is 2.93. The van der Waals surface area contributed by atoms with E-state index in [1.165, 1.54) is 12.3 Å². The molecule has 1 aliphatic rings. The number of hydrogen-bond donors (Lipinski definition) is 2. The van der Waals surface area contributed by atoms with E-state index in [4.69, 9.17) is 0 Å². The number of hydrogen-bond acceptors (Lipinski definition) is 3. The summed E-state index contributed by atoms with van der Waals surface area (Å²) in [4.78, 5) is 16.8. The summed E-state index contributed by atoms with van der Waals surface area (Å²) in [7, 11) is 0. The minimum atomic E-state index is -0.376. The van der Waals surface area contributed by atoms with E-state index < -0.39 is 0 Å². The molecule has 5 heteroatoms. The molecule has 1 saturated heterocycles. The molecule has 1 aromatic carbocycles. The first-order valence-electron chi connectivity index (χ1n) is 8.96. The van der Waals surface area contributed by atoms with Gasteiger partial charge in [0.2, 0.25) is 0 Å². The second-order valence-corrected chi connectivity index (χ2v) is 8.41. The number of nitrogens with zero attached hydrogens (tertiary/aromatic N) is 1. The number of amides is 1. The first-order chi connectivity index (χ1) is 12.1. The fourth-order valence-corrected chi connectivity index (χ4v) is 4.06. The van der Waals surface area contributed by atoms with Gasteiger partial charge in [0.25, 0.3) is 5.91 Å². The van der Waals surface area contributed by atoms with Gasteiger partial charge >= 0.3 is 0 Å². The van der Waals surface area contributed by atoms with Crippen molar-refractivity contribution in [2.45, 2.75) is 57.7 Å². The van der Waals surface area contributed by atoms with Gasteiger partial charge in [-0.05, 0) is 64.8 Å². The highest BCUT2D eigenvalue weighted by molar-refractivity contribution is 5.95. The molecule has 26 heavy (non-hydrogen) atoms. The lowest BCUT2D eigenvalue weighted by Gasteiger charge is -2.46. The Bertz CT molecular complexity index is 783. The van der Waals surface area contributed by atoms with E-state index in [2.05, 4.69) is 43.3 Å². The monoisotopic (exact) mass is 355 g/mol. The lowest BCUT2D eigenvalue weighted by molar-refractivity contribution is 0.0873. The third kappa shape index (κ3) is 4.47. The fourth-order valence-electron chi connectivity index (χ4n) is 4.06. The molecule has 0 bridgehead atoms. The van der Waals surface area contributed by atoms with Crippen LogP contribution in [0.25, 0.3) is 11.3 Å². The standard InChI is InChI=1S/C21H26FN3O/c1-20(2)11-17(12-21(3,4)25-20)24-19(26)15-7-5-6-14(10-15)18-9-8-16(22)13-23-18/h5-10,13,17,25H,11-12H2,1-4H3,(H,24,26). The number of nitrogens with one attached hydrogen (secondary N) is 2. The fraction of sp³-hybridized carbons (Fsp3) is 0.429. The van der Waals surface area contributed by atoms with Gasteiger partial charge in [0.1, 0.15) is 5.82 Å². The average molecular weight is 355 g/mol. The van der Waals surface area contributed by atoms with Gasteiger partial charge in [-0.15, -0.1) is 0 Å². The van der Waals surface area contributed by atoms with E-state index >= 15 is 0 Å². The minimum absolute atomic E-state index is 0.0282. The molecule has 1 aromatic heterocycles. The molecule has 0 saturated carbocycles. The molecule has 2 heterocycles. The molecule has 1 aliphatic heterocycles. The number of piperidine rings is 1. The Hall–Kier alpha value is -2.27. The van der Waals surface area contributed by atoms with Crippen molar-refractivity contribution in [3.63, 3.8) is 0 Å². The topological polar surface area (TPSA) is 54.0 Å². The zero-order chi connectivity index (χ0) is 18.9. The van der Waals surface area contributed by atoms with Crippen molar-refractivity contribution in [3.8, 4) is 11.3 Å². The molecule has 1 fully saturated rings. The summed E-state index contributed by atoms with van der Waals surface area (Å²) in [6.45, 7) is 8.64. The molecule has 4 nitrogen and oxygen atoms in total.